The van der Waals surface area contributed by atoms with E-state index in [1.165, 1.54) is 0 Å². The van der Waals surface area contributed by atoms with E-state index in [1.807, 2.05) is 67.6 Å². The number of nitrogens with one attached hydrogen (secondary N) is 1. The summed E-state index contributed by atoms with van der Waals surface area (Å²) in [4.78, 5) is 10.2. The van der Waals surface area contributed by atoms with Crippen molar-refractivity contribution < 1.29 is 14.0 Å². The molecule has 0 aliphatic carbocycles. The van der Waals surface area contributed by atoms with Gasteiger partial charge in [-0.3, -0.25) is 9.88 Å². The third-order valence-electron chi connectivity index (χ3n) is 3.72. The van der Waals surface area contributed by atoms with Crippen LogP contribution in [0.15, 0.2) is 60.7 Å². The number of hydrogen-bond donors (Lipinski definition) is 2. The Morgan fingerprint density at radius 1 is 1.00 bits per heavy atom. The normalized spacial score (nSPS) is 15.3. The predicted octanol–water partition coefficient (Wildman–Crippen LogP) is 4.32. The molecule has 0 heterocycles. The summed E-state index contributed by atoms with van der Waals surface area (Å²) < 4.78 is 17.5. The SMILES string of the molecule is CCOP(=O)(O)C(CC)NC(c1ccccc1)c1ccccc1. The van der Waals surface area contributed by atoms with Gasteiger partial charge in [0.15, 0.2) is 0 Å². The summed E-state index contributed by atoms with van der Waals surface area (Å²) in [6.07, 6.45) is 0.504. The fourth-order valence-electron chi connectivity index (χ4n) is 2.59. The van der Waals surface area contributed by atoms with Crippen LogP contribution < -0.4 is 5.32 Å². The Morgan fingerprint density at radius 3 is 1.87 bits per heavy atom. The Balaban J connectivity index is 2.33. The zero-order chi connectivity index (χ0) is 16.7. The molecule has 0 saturated heterocycles. The van der Waals surface area contributed by atoms with Crippen LogP contribution >= 0.6 is 7.60 Å². The van der Waals surface area contributed by atoms with E-state index in [0.29, 0.717) is 6.42 Å². The van der Waals surface area contributed by atoms with Crippen LogP contribution in [-0.4, -0.2) is 17.3 Å². The van der Waals surface area contributed by atoms with Gasteiger partial charge in [-0.2, -0.15) is 0 Å². The van der Waals surface area contributed by atoms with Crippen LogP contribution in [0.4, 0.5) is 0 Å². The van der Waals surface area contributed by atoms with Gasteiger partial charge in [0.1, 0.15) is 5.78 Å². The summed E-state index contributed by atoms with van der Waals surface area (Å²) in [6, 6.07) is 19.7. The lowest BCUT2D eigenvalue weighted by atomic mass is 9.99. The molecular formula is C18H24NO3P. The molecule has 2 N–H and O–H groups in total. The summed E-state index contributed by atoms with van der Waals surface area (Å²) in [5.74, 6) is -0.618. The standard InChI is InChI=1S/C18H24NO3P/c1-3-17(23(20,21)22-4-2)19-18(15-11-7-5-8-12-15)16-13-9-6-10-14-16/h5-14,17-19H,3-4H2,1-2H3,(H,20,21). The van der Waals surface area contributed by atoms with Crippen molar-refractivity contribution in [1.82, 2.24) is 5.32 Å². The van der Waals surface area contributed by atoms with Crippen LogP contribution in [0.2, 0.25) is 0 Å². The first-order valence-electron chi connectivity index (χ1n) is 7.91. The molecule has 2 aromatic rings. The lowest BCUT2D eigenvalue weighted by Gasteiger charge is -2.28. The average Bonchev–Trinajstić information content (AvgIpc) is 2.57. The van der Waals surface area contributed by atoms with E-state index in [2.05, 4.69) is 5.32 Å². The van der Waals surface area contributed by atoms with Crippen molar-refractivity contribution in [2.75, 3.05) is 6.61 Å². The van der Waals surface area contributed by atoms with Crippen LogP contribution in [0, 0.1) is 0 Å². The highest BCUT2D eigenvalue weighted by Gasteiger charge is 2.33. The molecule has 0 aliphatic heterocycles. The van der Waals surface area contributed by atoms with E-state index >= 15 is 0 Å². The van der Waals surface area contributed by atoms with Gasteiger partial charge in [0, 0.05) is 0 Å². The Hall–Kier alpha value is -1.45. The van der Waals surface area contributed by atoms with Gasteiger partial charge in [-0.05, 0) is 24.5 Å². The van der Waals surface area contributed by atoms with Crippen molar-refractivity contribution in [2.24, 2.45) is 0 Å². The zero-order valence-corrected chi connectivity index (χ0v) is 14.4. The number of benzene rings is 2. The molecule has 0 aliphatic rings. The third-order valence-corrected chi connectivity index (χ3v) is 5.65. The minimum absolute atomic E-state index is 0.164. The van der Waals surface area contributed by atoms with E-state index in [9.17, 15) is 9.46 Å². The Kier molecular flexibility index (Phi) is 6.55. The van der Waals surface area contributed by atoms with Gasteiger partial charge in [0.05, 0.1) is 12.6 Å². The van der Waals surface area contributed by atoms with Gasteiger partial charge in [0.25, 0.3) is 0 Å². The molecule has 5 heteroatoms. The van der Waals surface area contributed by atoms with Crippen molar-refractivity contribution in [3.63, 3.8) is 0 Å². The Bertz CT molecular complexity index is 594. The van der Waals surface area contributed by atoms with Crippen molar-refractivity contribution >= 4 is 7.60 Å². The average molecular weight is 333 g/mol. The fraction of sp³-hybridized carbons (Fsp3) is 0.333. The summed E-state index contributed by atoms with van der Waals surface area (Å²) in [6.45, 7) is 3.82. The smallest absolute Gasteiger partial charge is 0.323 e. The Labute approximate surface area is 138 Å². The molecule has 23 heavy (non-hydrogen) atoms. The minimum atomic E-state index is -3.71. The molecule has 2 rings (SSSR count). The van der Waals surface area contributed by atoms with E-state index in [-0.39, 0.29) is 12.6 Å². The van der Waals surface area contributed by atoms with Crippen molar-refractivity contribution in [1.29, 1.82) is 0 Å². The second kappa shape index (κ2) is 8.42. The van der Waals surface area contributed by atoms with Gasteiger partial charge in [0.2, 0.25) is 0 Å². The molecule has 0 aromatic heterocycles. The van der Waals surface area contributed by atoms with E-state index < -0.39 is 13.4 Å². The van der Waals surface area contributed by atoms with E-state index in [1.54, 1.807) is 6.92 Å². The minimum Gasteiger partial charge on any atom is -0.323 e. The van der Waals surface area contributed by atoms with Crippen LogP contribution in [0.3, 0.4) is 0 Å². The highest BCUT2D eigenvalue weighted by atomic mass is 31.2. The molecule has 0 bridgehead atoms. The Morgan fingerprint density at radius 2 is 1.48 bits per heavy atom. The molecule has 0 radical (unpaired) electrons. The highest BCUT2D eigenvalue weighted by molar-refractivity contribution is 7.53. The van der Waals surface area contributed by atoms with E-state index in [4.69, 9.17) is 4.52 Å². The summed E-state index contributed by atoms with van der Waals surface area (Å²) in [7, 11) is -3.71. The van der Waals surface area contributed by atoms with Crippen LogP contribution in [-0.2, 0) is 9.09 Å². The molecular weight excluding hydrogens is 309 g/mol. The second-order valence-electron chi connectivity index (χ2n) is 5.33. The maximum atomic E-state index is 12.4. The monoisotopic (exact) mass is 333 g/mol. The molecule has 2 atom stereocenters. The summed E-state index contributed by atoms with van der Waals surface area (Å²) in [5.41, 5.74) is 2.10. The van der Waals surface area contributed by atoms with Crippen LogP contribution in [0.25, 0.3) is 0 Å². The maximum Gasteiger partial charge on any atom is 0.344 e. The molecule has 0 saturated carbocycles. The zero-order valence-electron chi connectivity index (χ0n) is 13.6. The van der Waals surface area contributed by atoms with Crippen molar-refractivity contribution in [2.45, 2.75) is 32.1 Å². The second-order valence-corrected chi connectivity index (χ2v) is 7.34. The third kappa shape index (κ3) is 4.76. The number of hydrogen-bond acceptors (Lipinski definition) is 3. The van der Waals surface area contributed by atoms with Gasteiger partial charge in [-0.1, -0.05) is 67.6 Å². The first-order chi connectivity index (χ1) is 11.1. The first kappa shape index (κ1) is 17.9. The molecule has 2 unspecified atom stereocenters. The van der Waals surface area contributed by atoms with Gasteiger partial charge in [-0.25, -0.2) is 0 Å². The maximum absolute atomic E-state index is 12.4. The molecule has 2 aromatic carbocycles. The van der Waals surface area contributed by atoms with Crippen molar-refractivity contribution in [3.05, 3.63) is 71.8 Å². The molecule has 4 nitrogen and oxygen atoms in total. The first-order valence-corrected chi connectivity index (χ1v) is 9.56. The fourth-order valence-corrected chi connectivity index (χ4v) is 3.93. The molecule has 0 spiro atoms. The lowest BCUT2D eigenvalue weighted by molar-refractivity contribution is 0.255. The molecule has 0 fully saturated rings. The summed E-state index contributed by atoms with van der Waals surface area (Å²) in [5, 5.41) is 3.32. The largest absolute Gasteiger partial charge is 0.344 e. The lowest BCUT2D eigenvalue weighted by Crippen LogP contribution is -2.33. The van der Waals surface area contributed by atoms with Crippen LogP contribution in [0.5, 0.6) is 0 Å². The van der Waals surface area contributed by atoms with E-state index in [0.717, 1.165) is 11.1 Å². The quantitative estimate of drug-likeness (QED) is 0.706. The summed E-state index contributed by atoms with van der Waals surface area (Å²) >= 11 is 0. The molecule has 0 amide bonds. The van der Waals surface area contributed by atoms with Crippen molar-refractivity contribution in [3.8, 4) is 0 Å². The predicted molar refractivity (Wildman–Crippen MR) is 93.4 cm³/mol. The number of rotatable bonds is 8. The van der Waals surface area contributed by atoms with Gasteiger partial charge >= 0.3 is 7.60 Å². The highest BCUT2D eigenvalue weighted by Crippen LogP contribution is 2.48. The topological polar surface area (TPSA) is 58.6 Å². The van der Waals surface area contributed by atoms with Gasteiger partial charge < -0.3 is 9.42 Å². The molecule has 124 valence electrons. The van der Waals surface area contributed by atoms with Crippen LogP contribution in [0.1, 0.15) is 37.4 Å². The van der Waals surface area contributed by atoms with Gasteiger partial charge in [-0.15, -0.1) is 0 Å².